The summed E-state index contributed by atoms with van der Waals surface area (Å²) in [5.41, 5.74) is 1.31. The van der Waals surface area contributed by atoms with Gasteiger partial charge in [-0.15, -0.1) is 0 Å². The SMILES string of the molecule is O=C(O)c1ccc(N2CCN(C(=O)C[C@@H]3C=CCC3)CC2)cc1. The van der Waals surface area contributed by atoms with E-state index in [4.69, 9.17) is 5.11 Å². The number of hydrogen-bond acceptors (Lipinski definition) is 3. The van der Waals surface area contributed by atoms with Crippen LogP contribution in [-0.2, 0) is 4.79 Å². The summed E-state index contributed by atoms with van der Waals surface area (Å²) >= 11 is 0. The van der Waals surface area contributed by atoms with Gasteiger partial charge in [-0.05, 0) is 43.0 Å². The van der Waals surface area contributed by atoms with Gasteiger partial charge in [-0.25, -0.2) is 4.79 Å². The van der Waals surface area contributed by atoms with Crippen molar-refractivity contribution < 1.29 is 14.7 Å². The van der Waals surface area contributed by atoms with Crippen molar-refractivity contribution >= 4 is 17.6 Å². The number of amides is 1. The maximum absolute atomic E-state index is 12.3. The van der Waals surface area contributed by atoms with Crippen LogP contribution in [0.2, 0.25) is 0 Å². The van der Waals surface area contributed by atoms with Crippen LogP contribution < -0.4 is 4.90 Å². The normalized spacial score (nSPS) is 20.8. The number of carboxylic acid groups (broad SMARTS) is 1. The van der Waals surface area contributed by atoms with Crippen molar-refractivity contribution in [3.8, 4) is 0 Å². The first-order valence-corrected chi connectivity index (χ1v) is 8.16. The molecule has 0 unspecified atom stereocenters. The van der Waals surface area contributed by atoms with Crippen molar-refractivity contribution in [2.75, 3.05) is 31.1 Å². The third-order valence-corrected chi connectivity index (χ3v) is 4.66. The highest BCUT2D eigenvalue weighted by Gasteiger charge is 2.23. The van der Waals surface area contributed by atoms with Crippen molar-refractivity contribution in [2.24, 2.45) is 5.92 Å². The van der Waals surface area contributed by atoms with Gasteiger partial charge < -0.3 is 14.9 Å². The third-order valence-electron chi connectivity index (χ3n) is 4.66. The van der Waals surface area contributed by atoms with Crippen LogP contribution in [0.3, 0.4) is 0 Å². The minimum absolute atomic E-state index is 0.252. The standard InChI is InChI=1S/C18H22N2O3/c21-17(13-14-3-1-2-4-14)20-11-9-19(10-12-20)16-7-5-15(6-8-16)18(22)23/h1,3,5-8,14H,2,4,9-13H2,(H,22,23)/t14-/m1/s1. The molecule has 0 saturated carbocycles. The minimum atomic E-state index is -0.909. The third kappa shape index (κ3) is 3.73. The molecule has 0 bridgehead atoms. The molecule has 2 aliphatic rings. The maximum atomic E-state index is 12.3. The summed E-state index contributed by atoms with van der Waals surface area (Å²) in [6.07, 6.45) is 7.15. The second-order valence-electron chi connectivity index (χ2n) is 6.19. The molecular weight excluding hydrogens is 292 g/mol. The highest BCUT2D eigenvalue weighted by molar-refractivity contribution is 5.88. The van der Waals surface area contributed by atoms with Gasteiger partial charge in [0.2, 0.25) is 5.91 Å². The summed E-state index contributed by atoms with van der Waals surface area (Å²) in [5.74, 6) is -0.237. The Bertz CT molecular complexity index is 601. The van der Waals surface area contributed by atoms with Gasteiger partial charge in [0, 0.05) is 38.3 Å². The lowest BCUT2D eigenvalue weighted by Crippen LogP contribution is -2.49. The molecule has 1 heterocycles. The molecule has 1 aliphatic carbocycles. The average Bonchev–Trinajstić information content (AvgIpc) is 3.08. The van der Waals surface area contributed by atoms with E-state index in [0.717, 1.165) is 44.7 Å². The van der Waals surface area contributed by atoms with E-state index in [9.17, 15) is 9.59 Å². The van der Waals surface area contributed by atoms with E-state index in [0.29, 0.717) is 17.9 Å². The zero-order valence-electron chi connectivity index (χ0n) is 13.1. The number of piperazine rings is 1. The lowest BCUT2D eigenvalue weighted by Gasteiger charge is -2.36. The molecule has 5 nitrogen and oxygen atoms in total. The van der Waals surface area contributed by atoms with Crippen LogP contribution in [-0.4, -0.2) is 48.1 Å². The molecule has 1 N–H and O–H groups in total. The molecule has 23 heavy (non-hydrogen) atoms. The van der Waals surface area contributed by atoms with Crippen LogP contribution >= 0.6 is 0 Å². The molecule has 0 spiro atoms. The first kappa shape index (κ1) is 15.6. The predicted molar refractivity (Wildman–Crippen MR) is 88.7 cm³/mol. The maximum Gasteiger partial charge on any atom is 0.335 e. The molecule has 3 rings (SSSR count). The Morgan fingerprint density at radius 3 is 2.35 bits per heavy atom. The van der Waals surface area contributed by atoms with Crippen LogP contribution in [0.5, 0.6) is 0 Å². The molecule has 1 atom stereocenters. The predicted octanol–water partition coefficient (Wildman–Crippen LogP) is 2.39. The molecule has 1 fully saturated rings. The van der Waals surface area contributed by atoms with Gasteiger partial charge in [0.15, 0.2) is 0 Å². The van der Waals surface area contributed by atoms with E-state index in [1.807, 2.05) is 17.0 Å². The van der Waals surface area contributed by atoms with Gasteiger partial charge in [0.25, 0.3) is 0 Å². The fraction of sp³-hybridized carbons (Fsp3) is 0.444. The number of carboxylic acids is 1. The Labute approximate surface area is 136 Å². The summed E-state index contributed by atoms with van der Waals surface area (Å²) in [6.45, 7) is 3.04. The summed E-state index contributed by atoms with van der Waals surface area (Å²) in [6, 6.07) is 6.93. The molecule has 1 aromatic carbocycles. The molecule has 1 saturated heterocycles. The molecule has 5 heteroatoms. The van der Waals surface area contributed by atoms with Crippen molar-refractivity contribution in [1.82, 2.24) is 4.90 Å². The minimum Gasteiger partial charge on any atom is -0.478 e. The number of hydrogen-bond donors (Lipinski definition) is 1. The molecule has 1 amide bonds. The monoisotopic (exact) mass is 314 g/mol. The number of rotatable bonds is 4. The van der Waals surface area contributed by atoms with Crippen molar-refractivity contribution in [2.45, 2.75) is 19.3 Å². The summed E-state index contributed by atoms with van der Waals surface area (Å²) < 4.78 is 0. The Hall–Kier alpha value is -2.30. The zero-order chi connectivity index (χ0) is 16.2. The highest BCUT2D eigenvalue weighted by Crippen LogP contribution is 2.22. The van der Waals surface area contributed by atoms with Gasteiger partial charge in [-0.1, -0.05) is 12.2 Å². The summed E-state index contributed by atoms with van der Waals surface area (Å²) in [5, 5.41) is 8.94. The van der Waals surface area contributed by atoms with Crippen molar-refractivity contribution in [1.29, 1.82) is 0 Å². The highest BCUT2D eigenvalue weighted by atomic mass is 16.4. The van der Waals surface area contributed by atoms with E-state index in [1.54, 1.807) is 12.1 Å². The first-order chi connectivity index (χ1) is 11.1. The molecular formula is C18H22N2O3. The van der Waals surface area contributed by atoms with E-state index in [-0.39, 0.29) is 5.91 Å². The van der Waals surface area contributed by atoms with Crippen molar-refractivity contribution in [3.05, 3.63) is 42.0 Å². The topological polar surface area (TPSA) is 60.9 Å². The van der Waals surface area contributed by atoms with E-state index >= 15 is 0 Å². The molecule has 0 aromatic heterocycles. The van der Waals surface area contributed by atoms with E-state index in [2.05, 4.69) is 17.1 Å². The van der Waals surface area contributed by atoms with Gasteiger partial charge in [0.05, 0.1) is 5.56 Å². The van der Waals surface area contributed by atoms with Crippen molar-refractivity contribution in [3.63, 3.8) is 0 Å². The van der Waals surface area contributed by atoms with Gasteiger partial charge >= 0.3 is 5.97 Å². The Kier molecular flexibility index (Phi) is 4.65. The van der Waals surface area contributed by atoms with E-state index < -0.39 is 5.97 Å². The number of carbonyl (C=O) groups excluding carboxylic acids is 1. The van der Waals surface area contributed by atoms with Crippen LogP contribution in [0.15, 0.2) is 36.4 Å². The molecule has 0 radical (unpaired) electrons. The van der Waals surface area contributed by atoms with E-state index in [1.165, 1.54) is 0 Å². The smallest absolute Gasteiger partial charge is 0.335 e. The number of benzene rings is 1. The second-order valence-corrected chi connectivity index (χ2v) is 6.19. The van der Waals surface area contributed by atoms with Crippen LogP contribution in [0, 0.1) is 5.92 Å². The second kappa shape index (κ2) is 6.86. The van der Waals surface area contributed by atoms with Gasteiger partial charge in [0.1, 0.15) is 0 Å². The quantitative estimate of drug-likeness (QED) is 0.867. The Morgan fingerprint density at radius 2 is 1.78 bits per heavy atom. The lowest BCUT2D eigenvalue weighted by molar-refractivity contribution is -0.132. The number of nitrogens with zero attached hydrogens (tertiary/aromatic N) is 2. The first-order valence-electron chi connectivity index (χ1n) is 8.16. The summed E-state index contributed by atoms with van der Waals surface area (Å²) in [4.78, 5) is 27.4. The number of aromatic carboxylic acids is 1. The molecule has 1 aliphatic heterocycles. The average molecular weight is 314 g/mol. The fourth-order valence-corrected chi connectivity index (χ4v) is 3.25. The Balaban J connectivity index is 1.52. The Morgan fingerprint density at radius 1 is 1.09 bits per heavy atom. The molecule has 122 valence electrons. The van der Waals surface area contributed by atoms with Crippen LogP contribution in [0.25, 0.3) is 0 Å². The molecule has 1 aromatic rings. The number of carbonyl (C=O) groups is 2. The van der Waals surface area contributed by atoms with Crippen LogP contribution in [0.1, 0.15) is 29.6 Å². The van der Waals surface area contributed by atoms with Crippen LogP contribution in [0.4, 0.5) is 5.69 Å². The zero-order valence-corrected chi connectivity index (χ0v) is 13.1. The summed E-state index contributed by atoms with van der Waals surface area (Å²) in [7, 11) is 0. The fourth-order valence-electron chi connectivity index (χ4n) is 3.25. The van der Waals surface area contributed by atoms with Gasteiger partial charge in [-0.2, -0.15) is 0 Å². The largest absolute Gasteiger partial charge is 0.478 e. The lowest BCUT2D eigenvalue weighted by atomic mass is 10.0. The number of allylic oxidation sites excluding steroid dienone is 2. The van der Waals surface area contributed by atoms with Gasteiger partial charge in [-0.3, -0.25) is 4.79 Å². The number of anilines is 1.